The third-order valence-corrected chi connectivity index (χ3v) is 3.28. The lowest BCUT2D eigenvalue weighted by Gasteiger charge is -2.24. The Morgan fingerprint density at radius 2 is 1.64 bits per heavy atom. The Labute approximate surface area is 88.3 Å². The van der Waals surface area contributed by atoms with E-state index in [0.717, 1.165) is 12.5 Å². The van der Waals surface area contributed by atoms with E-state index in [1.165, 1.54) is 51.5 Å². The molecule has 0 unspecified atom stereocenters. The molecule has 84 valence electrons. The van der Waals surface area contributed by atoms with Crippen LogP contribution < -0.4 is 0 Å². The van der Waals surface area contributed by atoms with Crippen LogP contribution in [-0.4, -0.2) is 36.8 Å². The molecule has 0 bridgehead atoms. The van der Waals surface area contributed by atoms with E-state index in [1.807, 2.05) is 0 Å². The topological polar surface area (TPSA) is 23.5 Å². The summed E-state index contributed by atoms with van der Waals surface area (Å²) in [5, 5.41) is 8.83. The molecule has 1 aliphatic carbocycles. The third kappa shape index (κ3) is 4.97. The second-order valence-electron chi connectivity index (χ2n) is 4.70. The summed E-state index contributed by atoms with van der Waals surface area (Å²) >= 11 is 0. The predicted octanol–water partition coefficient (Wildman–Crippen LogP) is 2.27. The van der Waals surface area contributed by atoms with Crippen LogP contribution in [0, 0.1) is 5.92 Å². The summed E-state index contributed by atoms with van der Waals surface area (Å²) in [7, 11) is 2.12. The van der Waals surface area contributed by atoms with Gasteiger partial charge < -0.3 is 10.0 Å². The van der Waals surface area contributed by atoms with Crippen molar-refractivity contribution in [3.05, 3.63) is 0 Å². The number of aliphatic hydroxyl groups excluding tert-OH is 1. The summed E-state index contributed by atoms with van der Waals surface area (Å²) in [5.41, 5.74) is 0. The molecule has 0 saturated heterocycles. The molecule has 0 aromatic rings. The van der Waals surface area contributed by atoms with Gasteiger partial charge in [0.2, 0.25) is 0 Å². The monoisotopic (exact) mass is 199 g/mol. The normalized spacial score (nSPS) is 20.8. The van der Waals surface area contributed by atoms with Crippen molar-refractivity contribution in [1.82, 2.24) is 4.90 Å². The van der Waals surface area contributed by atoms with Crippen LogP contribution in [0.1, 0.15) is 44.9 Å². The minimum Gasteiger partial charge on any atom is -0.395 e. The van der Waals surface area contributed by atoms with Crippen LogP contribution in [0.3, 0.4) is 0 Å². The van der Waals surface area contributed by atoms with E-state index in [0.29, 0.717) is 6.61 Å². The molecule has 0 aliphatic heterocycles. The molecule has 1 fully saturated rings. The molecule has 0 aromatic carbocycles. The average Bonchev–Trinajstić information content (AvgIpc) is 2.10. The maximum atomic E-state index is 8.83. The van der Waals surface area contributed by atoms with Gasteiger partial charge in [0.25, 0.3) is 0 Å². The predicted molar refractivity (Wildman–Crippen MR) is 60.4 cm³/mol. The van der Waals surface area contributed by atoms with E-state index < -0.39 is 0 Å². The lowest BCUT2D eigenvalue weighted by molar-refractivity contribution is 0.190. The molecule has 0 heterocycles. The molecule has 0 spiro atoms. The number of nitrogens with zero attached hydrogens (tertiary/aromatic N) is 1. The average molecular weight is 199 g/mol. The molecule has 1 aliphatic rings. The third-order valence-electron chi connectivity index (χ3n) is 3.28. The number of likely N-dealkylation sites (N-methyl/N-ethyl adjacent to an activating group) is 1. The second kappa shape index (κ2) is 7.24. The van der Waals surface area contributed by atoms with Crippen molar-refractivity contribution in [2.45, 2.75) is 44.9 Å². The van der Waals surface area contributed by atoms with E-state index >= 15 is 0 Å². The van der Waals surface area contributed by atoms with Crippen LogP contribution in [0.15, 0.2) is 0 Å². The summed E-state index contributed by atoms with van der Waals surface area (Å²) in [5.74, 6) is 0.881. The first kappa shape index (κ1) is 12.0. The summed E-state index contributed by atoms with van der Waals surface area (Å²) in [6, 6.07) is 0. The van der Waals surface area contributed by atoms with E-state index in [4.69, 9.17) is 5.11 Å². The molecule has 1 rings (SSSR count). The number of hydrogen-bond donors (Lipinski definition) is 1. The number of rotatable bonds is 4. The van der Waals surface area contributed by atoms with Crippen molar-refractivity contribution in [2.24, 2.45) is 5.92 Å². The van der Waals surface area contributed by atoms with Crippen LogP contribution in [-0.2, 0) is 0 Å². The standard InChI is InChI=1S/C12H25NO/c1-13(9-10-14)11-12-7-5-3-2-4-6-8-12/h12,14H,2-11H2,1H3. The van der Waals surface area contributed by atoms with Crippen molar-refractivity contribution in [1.29, 1.82) is 0 Å². The zero-order valence-electron chi connectivity index (χ0n) is 9.54. The van der Waals surface area contributed by atoms with Gasteiger partial charge in [-0.2, -0.15) is 0 Å². The van der Waals surface area contributed by atoms with Crippen LogP contribution in [0.25, 0.3) is 0 Å². The van der Waals surface area contributed by atoms with Gasteiger partial charge in [0, 0.05) is 13.1 Å². The van der Waals surface area contributed by atoms with Crippen LogP contribution in [0.5, 0.6) is 0 Å². The van der Waals surface area contributed by atoms with Crippen LogP contribution in [0.2, 0.25) is 0 Å². The quantitative estimate of drug-likeness (QED) is 0.751. The Hall–Kier alpha value is -0.0800. The van der Waals surface area contributed by atoms with Crippen molar-refractivity contribution in [3.63, 3.8) is 0 Å². The highest BCUT2D eigenvalue weighted by Gasteiger charge is 2.12. The Kier molecular flexibility index (Phi) is 6.20. The number of hydrogen-bond acceptors (Lipinski definition) is 2. The van der Waals surface area contributed by atoms with E-state index in [-0.39, 0.29) is 0 Å². The molecule has 0 radical (unpaired) electrons. The molecular weight excluding hydrogens is 174 g/mol. The summed E-state index contributed by atoms with van der Waals surface area (Å²) in [4.78, 5) is 2.27. The summed E-state index contributed by atoms with van der Waals surface area (Å²) in [6.07, 6.45) is 9.93. The van der Waals surface area contributed by atoms with E-state index in [2.05, 4.69) is 11.9 Å². The van der Waals surface area contributed by atoms with Crippen molar-refractivity contribution < 1.29 is 5.11 Å². The molecular formula is C12H25NO. The zero-order chi connectivity index (χ0) is 10.2. The maximum Gasteiger partial charge on any atom is 0.0558 e. The fourth-order valence-electron chi connectivity index (χ4n) is 2.43. The van der Waals surface area contributed by atoms with E-state index in [1.54, 1.807) is 0 Å². The zero-order valence-corrected chi connectivity index (χ0v) is 9.54. The van der Waals surface area contributed by atoms with Gasteiger partial charge in [-0.05, 0) is 25.8 Å². The Balaban J connectivity index is 2.19. The number of aliphatic hydroxyl groups is 1. The minimum atomic E-state index is 0.295. The second-order valence-corrected chi connectivity index (χ2v) is 4.70. The first-order valence-electron chi connectivity index (χ1n) is 6.12. The van der Waals surface area contributed by atoms with Crippen LogP contribution in [0.4, 0.5) is 0 Å². The SMILES string of the molecule is CN(CCO)CC1CCCCCCC1. The largest absolute Gasteiger partial charge is 0.395 e. The molecule has 1 N–H and O–H groups in total. The van der Waals surface area contributed by atoms with Gasteiger partial charge in [-0.15, -0.1) is 0 Å². The van der Waals surface area contributed by atoms with Crippen molar-refractivity contribution in [2.75, 3.05) is 26.7 Å². The van der Waals surface area contributed by atoms with Gasteiger partial charge in [-0.3, -0.25) is 0 Å². The van der Waals surface area contributed by atoms with Gasteiger partial charge in [-0.25, -0.2) is 0 Å². The molecule has 1 saturated carbocycles. The first-order chi connectivity index (χ1) is 6.83. The van der Waals surface area contributed by atoms with Gasteiger partial charge in [0.15, 0.2) is 0 Å². The highest BCUT2D eigenvalue weighted by molar-refractivity contribution is 4.67. The first-order valence-corrected chi connectivity index (χ1v) is 6.12. The molecule has 0 atom stereocenters. The molecule has 14 heavy (non-hydrogen) atoms. The van der Waals surface area contributed by atoms with Gasteiger partial charge in [-0.1, -0.05) is 32.1 Å². The Morgan fingerprint density at radius 1 is 1.07 bits per heavy atom. The van der Waals surface area contributed by atoms with E-state index in [9.17, 15) is 0 Å². The summed E-state index contributed by atoms with van der Waals surface area (Å²) < 4.78 is 0. The van der Waals surface area contributed by atoms with Crippen molar-refractivity contribution in [3.8, 4) is 0 Å². The molecule has 2 nitrogen and oxygen atoms in total. The minimum absolute atomic E-state index is 0.295. The van der Waals surface area contributed by atoms with Crippen LogP contribution >= 0.6 is 0 Å². The van der Waals surface area contributed by atoms with Gasteiger partial charge in [0.1, 0.15) is 0 Å². The molecule has 2 heteroatoms. The molecule has 0 aromatic heterocycles. The van der Waals surface area contributed by atoms with Gasteiger partial charge in [0.05, 0.1) is 6.61 Å². The Morgan fingerprint density at radius 3 is 2.21 bits per heavy atom. The van der Waals surface area contributed by atoms with Gasteiger partial charge >= 0.3 is 0 Å². The highest BCUT2D eigenvalue weighted by Crippen LogP contribution is 2.22. The fourth-order valence-corrected chi connectivity index (χ4v) is 2.43. The molecule has 0 amide bonds. The maximum absolute atomic E-state index is 8.83. The lowest BCUT2D eigenvalue weighted by Crippen LogP contribution is -2.28. The Bertz CT molecular complexity index is 130. The fraction of sp³-hybridized carbons (Fsp3) is 1.00. The smallest absolute Gasteiger partial charge is 0.0558 e. The lowest BCUT2D eigenvalue weighted by atomic mass is 9.91. The van der Waals surface area contributed by atoms with Crippen molar-refractivity contribution >= 4 is 0 Å². The summed E-state index contributed by atoms with van der Waals surface area (Å²) in [6.45, 7) is 2.31. The highest BCUT2D eigenvalue weighted by atomic mass is 16.3.